The maximum atomic E-state index is 12.9. The Labute approximate surface area is 150 Å². The molecule has 0 radical (unpaired) electrons. The number of furan rings is 1. The zero-order valence-electron chi connectivity index (χ0n) is 14.6. The van der Waals surface area contributed by atoms with E-state index in [0.717, 1.165) is 33.2 Å². The van der Waals surface area contributed by atoms with Gasteiger partial charge in [0.25, 0.3) is 5.69 Å². The first-order valence-electron chi connectivity index (χ1n) is 8.49. The number of nitrogens with zero attached hydrogens (tertiary/aromatic N) is 2. The molecular formula is C20H18N2O4. The number of nitro groups is 1. The number of nitro benzene ring substituents is 1. The molecule has 0 spiro atoms. The maximum Gasteiger partial charge on any atom is 0.271 e. The summed E-state index contributed by atoms with van der Waals surface area (Å²) in [5.41, 5.74) is 5.51. The highest BCUT2D eigenvalue weighted by atomic mass is 16.6. The van der Waals surface area contributed by atoms with E-state index in [-0.39, 0.29) is 18.0 Å². The zero-order valence-corrected chi connectivity index (χ0v) is 14.6. The standard InChI is InChI=1S/C20H18N2O4/c1-12-7-17-15(11-26-19(17)8-13(12)2)9-20(23)21-6-5-14-3-4-16(22(24)25)10-18(14)21/h3-4,7-8,10-11H,5-6,9H2,1-2H3. The normalized spacial score (nSPS) is 13.2. The summed E-state index contributed by atoms with van der Waals surface area (Å²) in [6, 6.07) is 8.73. The van der Waals surface area contributed by atoms with Crippen molar-refractivity contribution in [1.29, 1.82) is 0 Å². The van der Waals surface area contributed by atoms with Gasteiger partial charge >= 0.3 is 0 Å². The van der Waals surface area contributed by atoms with Gasteiger partial charge in [-0.15, -0.1) is 0 Å². The summed E-state index contributed by atoms with van der Waals surface area (Å²) in [6.07, 6.45) is 2.55. The Bertz CT molecular complexity index is 1050. The molecule has 3 aromatic rings. The van der Waals surface area contributed by atoms with Gasteiger partial charge in [-0.05, 0) is 49.1 Å². The van der Waals surface area contributed by atoms with Gasteiger partial charge in [-0.25, -0.2) is 0 Å². The molecule has 6 nitrogen and oxygen atoms in total. The van der Waals surface area contributed by atoms with Crippen LogP contribution in [0.1, 0.15) is 22.3 Å². The Morgan fingerprint density at radius 2 is 2.00 bits per heavy atom. The van der Waals surface area contributed by atoms with Gasteiger partial charge in [-0.2, -0.15) is 0 Å². The number of carbonyl (C=O) groups excluding carboxylic acids is 1. The Hall–Kier alpha value is -3.15. The third-order valence-electron chi connectivity index (χ3n) is 5.09. The number of rotatable bonds is 3. The lowest BCUT2D eigenvalue weighted by Gasteiger charge is -2.17. The molecule has 0 bridgehead atoms. The second-order valence-electron chi connectivity index (χ2n) is 6.74. The Morgan fingerprint density at radius 3 is 2.77 bits per heavy atom. The number of carbonyl (C=O) groups is 1. The molecule has 0 saturated heterocycles. The molecule has 0 atom stereocenters. The van der Waals surface area contributed by atoms with Crippen molar-refractivity contribution in [2.24, 2.45) is 0 Å². The number of fused-ring (bicyclic) bond motifs is 2. The van der Waals surface area contributed by atoms with E-state index in [9.17, 15) is 14.9 Å². The zero-order chi connectivity index (χ0) is 18.4. The molecule has 0 N–H and O–H groups in total. The molecule has 26 heavy (non-hydrogen) atoms. The first-order valence-corrected chi connectivity index (χ1v) is 8.49. The third kappa shape index (κ3) is 2.63. The molecule has 1 aliphatic heterocycles. The van der Waals surface area contributed by atoms with E-state index in [4.69, 9.17) is 4.42 Å². The summed E-state index contributed by atoms with van der Waals surface area (Å²) in [5.74, 6) is -0.0785. The topological polar surface area (TPSA) is 76.6 Å². The fraction of sp³-hybridized carbons (Fsp3) is 0.250. The lowest BCUT2D eigenvalue weighted by Crippen LogP contribution is -2.30. The fourth-order valence-corrected chi connectivity index (χ4v) is 3.47. The summed E-state index contributed by atoms with van der Waals surface area (Å²) >= 11 is 0. The van der Waals surface area contributed by atoms with Gasteiger partial charge in [0.15, 0.2) is 0 Å². The van der Waals surface area contributed by atoms with Crippen LogP contribution in [0, 0.1) is 24.0 Å². The van der Waals surface area contributed by atoms with Crippen molar-refractivity contribution in [3.8, 4) is 0 Å². The number of anilines is 1. The van der Waals surface area contributed by atoms with E-state index in [2.05, 4.69) is 0 Å². The summed E-state index contributed by atoms with van der Waals surface area (Å²) in [4.78, 5) is 25.1. The van der Waals surface area contributed by atoms with Crippen molar-refractivity contribution in [2.75, 3.05) is 11.4 Å². The molecule has 0 fully saturated rings. The van der Waals surface area contributed by atoms with Crippen molar-refractivity contribution in [3.63, 3.8) is 0 Å². The van der Waals surface area contributed by atoms with Gasteiger partial charge in [-0.1, -0.05) is 6.07 Å². The monoisotopic (exact) mass is 350 g/mol. The average Bonchev–Trinajstić information content (AvgIpc) is 3.19. The molecule has 132 valence electrons. The van der Waals surface area contributed by atoms with Crippen molar-refractivity contribution >= 4 is 28.3 Å². The quantitative estimate of drug-likeness (QED) is 0.526. The molecule has 2 aromatic carbocycles. The van der Waals surface area contributed by atoms with E-state index < -0.39 is 4.92 Å². The first kappa shape index (κ1) is 16.3. The predicted molar refractivity (Wildman–Crippen MR) is 98.5 cm³/mol. The lowest BCUT2D eigenvalue weighted by molar-refractivity contribution is -0.384. The van der Waals surface area contributed by atoms with Crippen molar-refractivity contribution in [2.45, 2.75) is 26.7 Å². The van der Waals surface area contributed by atoms with E-state index in [1.165, 1.54) is 12.1 Å². The number of benzene rings is 2. The third-order valence-corrected chi connectivity index (χ3v) is 5.09. The van der Waals surface area contributed by atoms with Gasteiger partial charge in [0.2, 0.25) is 5.91 Å². The van der Waals surface area contributed by atoms with Gasteiger partial charge < -0.3 is 9.32 Å². The summed E-state index contributed by atoms with van der Waals surface area (Å²) in [5, 5.41) is 12.0. The van der Waals surface area contributed by atoms with Crippen LogP contribution in [-0.4, -0.2) is 17.4 Å². The van der Waals surface area contributed by atoms with Crippen LogP contribution in [0.15, 0.2) is 41.0 Å². The smallest absolute Gasteiger partial charge is 0.271 e. The highest BCUT2D eigenvalue weighted by molar-refractivity contribution is 5.99. The largest absolute Gasteiger partial charge is 0.464 e. The predicted octanol–water partition coefficient (Wildman–Crippen LogP) is 4.09. The highest BCUT2D eigenvalue weighted by Gasteiger charge is 2.27. The summed E-state index contributed by atoms with van der Waals surface area (Å²) in [6.45, 7) is 4.60. The minimum atomic E-state index is -0.435. The van der Waals surface area contributed by atoms with Crippen LogP contribution in [0.25, 0.3) is 11.0 Å². The van der Waals surface area contributed by atoms with Crippen LogP contribution in [0.2, 0.25) is 0 Å². The molecule has 4 rings (SSSR count). The summed E-state index contributed by atoms with van der Waals surface area (Å²) in [7, 11) is 0. The molecule has 1 aliphatic rings. The van der Waals surface area contributed by atoms with Gasteiger partial charge in [0.05, 0.1) is 23.3 Å². The maximum absolute atomic E-state index is 12.9. The van der Waals surface area contributed by atoms with E-state index in [1.807, 2.05) is 26.0 Å². The van der Waals surface area contributed by atoms with Gasteiger partial charge in [-0.3, -0.25) is 14.9 Å². The SMILES string of the molecule is Cc1cc2occ(CC(=O)N3CCc4ccc([N+](=O)[O-])cc43)c2cc1C. The molecule has 1 amide bonds. The molecule has 0 saturated carbocycles. The van der Waals surface area contributed by atoms with Gasteiger partial charge in [0.1, 0.15) is 5.58 Å². The highest BCUT2D eigenvalue weighted by Crippen LogP contribution is 2.33. The average molecular weight is 350 g/mol. The molecule has 1 aromatic heterocycles. The second kappa shape index (κ2) is 5.98. The van der Waals surface area contributed by atoms with Crippen LogP contribution < -0.4 is 4.90 Å². The minimum Gasteiger partial charge on any atom is -0.464 e. The summed E-state index contributed by atoms with van der Waals surface area (Å²) < 4.78 is 5.61. The van der Waals surface area contributed by atoms with Crippen molar-refractivity contribution < 1.29 is 14.1 Å². The van der Waals surface area contributed by atoms with Crippen molar-refractivity contribution in [3.05, 3.63) is 69.0 Å². The van der Waals surface area contributed by atoms with Crippen LogP contribution in [0.3, 0.4) is 0 Å². The van der Waals surface area contributed by atoms with Crippen LogP contribution in [0.4, 0.5) is 11.4 Å². The molecule has 0 unspecified atom stereocenters. The minimum absolute atomic E-state index is 0.00307. The Morgan fingerprint density at radius 1 is 1.23 bits per heavy atom. The van der Waals surface area contributed by atoms with Crippen LogP contribution in [0.5, 0.6) is 0 Å². The van der Waals surface area contributed by atoms with Crippen LogP contribution >= 0.6 is 0 Å². The van der Waals surface area contributed by atoms with E-state index >= 15 is 0 Å². The van der Waals surface area contributed by atoms with Crippen molar-refractivity contribution in [1.82, 2.24) is 0 Å². The Balaban J connectivity index is 1.64. The molecular weight excluding hydrogens is 332 g/mol. The number of aryl methyl sites for hydroxylation is 2. The fourth-order valence-electron chi connectivity index (χ4n) is 3.47. The molecule has 6 heteroatoms. The number of hydrogen-bond donors (Lipinski definition) is 0. The Kier molecular flexibility index (Phi) is 3.76. The molecule has 0 aliphatic carbocycles. The number of non-ortho nitro benzene ring substituents is 1. The van der Waals surface area contributed by atoms with E-state index in [1.54, 1.807) is 17.2 Å². The lowest BCUT2D eigenvalue weighted by atomic mass is 10.0. The second-order valence-corrected chi connectivity index (χ2v) is 6.74. The number of hydrogen-bond acceptors (Lipinski definition) is 4. The van der Waals surface area contributed by atoms with Crippen LogP contribution in [-0.2, 0) is 17.6 Å². The van der Waals surface area contributed by atoms with Gasteiger partial charge in [0, 0.05) is 29.6 Å². The first-order chi connectivity index (χ1) is 12.4. The number of amides is 1. The van der Waals surface area contributed by atoms with E-state index in [0.29, 0.717) is 18.7 Å². The molecule has 2 heterocycles.